The standard InChI is InChI=1S/C12H10F2O3/c1-2-17-12(16)4-3-8-5-10(13)9(7-15)11(14)6-8/h3-7H,2H2,1H3/b4-3+. The fourth-order valence-electron chi connectivity index (χ4n) is 1.17. The third kappa shape index (κ3) is 3.48. The number of carbonyl (C=O) groups is 2. The highest BCUT2D eigenvalue weighted by Gasteiger charge is 2.09. The van der Waals surface area contributed by atoms with Crippen LogP contribution in [0.15, 0.2) is 18.2 Å². The Morgan fingerprint density at radius 1 is 1.35 bits per heavy atom. The molecule has 1 aromatic carbocycles. The van der Waals surface area contributed by atoms with Crippen molar-refractivity contribution in [1.82, 2.24) is 0 Å². The Hall–Kier alpha value is -2.04. The summed E-state index contributed by atoms with van der Waals surface area (Å²) in [6.07, 6.45) is 2.36. The van der Waals surface area contributed by atoms with Crippen LogP contribution in [0.25, 0.3) is 6.08 Å². The Morgan fingerprint density at radius 3 is 2.41 bits per heavy atom. The molecule has 0 saturated heterocycles. The van der Waals surface area contributed by atoms with Crippen molar-refractivity contribution in [2.24, 2.45) is 0 Å². The Morgan fingerprint density at radius 2 is 1.94 bits per heavy atom. The van der Waals surface area contributed by atoms with Gasteiger partial charge in [-0.3, -0.25) is 4.79 Å². The van der Waals surface area contributed by atoms with Gasteiger partial charge in [0.05, 0.1) is 12.2 Å². The molecule has 0 spiro atoms. The van der Waals surface area contributed by atoms with E-state index in [0.29, 0.717) is 0 Å². The summed E-state index contributed by atoms with van der Waals surface area (Å²) in [6, 6.07) is 1.92. The van der Waals surface area contributed by atoms with Crippen molar-refractivity contribution in [3.63, 3.8) is 0 Å². The van der Waals surface area contributed by atoms with Crippen molar-refractivity contribution in [2.45, 2.75) is 6.92 Å². The molecule has 17 heavy (non-hydrogen) atoms. The minimum absolute atomic E-state index is 0.101. The molecule has 0 aliphatic carbocycles. The van der Waals surface area contributed by atoms with Crippen LogP contribution in [0, 0.1) is 11.6 Å². The topological polar surface area (TPSA) is 43.4 Å². The zero-order valence-corrected chi connectivity index (χ0v) is 9.07. The zero-order chi connectivity index (χ0) is 12.8. The van der Waals surface area contributed by atoms with Crippen LogP contribution in [0.1, 0.15) is 22.8 Å². The van der Waals surface area contributed by atoms with Crippen LogP contribution < -0.4 is 0 Å². The fourth-order valence-corrected chi connectivity index (χ4v) is 1.17. The largest absolute Gasteiger partial charge is 0.463 e. The molecule has 0 fully saturated rings. The molecular weight excluding hydrogens is 230 g/mol. The zero-order valence-electron chi connectivity index (χ0n) is 9.07. The molecule has 0 bridgehead atoms. The molecule has 0 amide bonds. The first-order chi connectivity index (χ1) is 8.08. The summed E-state index contributed by atoms with van der Waals surface area (Å²) < 4.78 is 30.9. The van der Waals surface area contributed by atoms with E-state index in [-0.39, 0.29) is 18.5 Å². The molecule has 0 aliphatic heterocycles. The van der Waals surface area contributed by atoms with E-state index in [1.807, 2.05) is 0 Å². The van der Waals surface area contributed by atoms with E-state index in [4.69, 9.17) is 0 Å². The number of aldehydes is 1. The fraction of sp³-hybridized carbons (Fsp3) is 0.167. The number of rotatable bonds is 4. The number of hydrogen-bond acceptors (Lipinski definition) is 3. The first kappa shape index (κ1) is 13.0. The van der Waals surface area contributed by atoms with Crippen molar-refractivity contribution < 1.29 is 23.1 Å². The second-order valence-corrected chi connectivity index (χ2v) is 3.10. The van der Waals surface area contributed by atoms with Gasteiger partial charge in [0.15, 0.2) is 6.29 Å². The van der Waals surface area contributed by atoms with Crippen LogP contribution in [0.2, 0.25) is 0 Å². The summed E-state index contributed by atoms with van der Waals surface area (Å²) in [7, 11) is 0. The molecule has 1 aromatic rings. The lowest BCUT2D eigenvalue weighted by Crippen LogP contribution is -1.99. The molecule has 0 N–H and O–H groups in total. The van der Waals surface area contributed by atoms with Gasteiger partial charge in [0.25, 0.3) is 0 Å². The molecule has 1 rings (SSSR count). The first-order valence-corrected chi connectivity index (χ1v) is 4.87. The lowest BCUT2D eigenvalue weighted by Gasteiger charge is -2.00. The third-order valence-corrected chi connectivity index (χ3v) is 1.92. The number of benzene rings is 1. The van der Waals surface area contributed by atoms with Gasteiger partial charge in [-0.1, -0.05) is 0 Å². The van der Waals surface area contributed by atoms with Gasteiger partial charge in [0.2, 0.25) is 0 Å². The number of halogens is 2. The van der Waals surface area contributed by atoms with Crippen LogP contribution in [-0.4, -0.2) is 18.9 Å². The van der Waals surface area contributed by atoms with E-state index in [2.05, 4.69) is 4.74 Å². The van der Waals surface area contributed by atoms with E-state index in [1.54, 1.807) is 6.92 Å². The van der Waals surface area contributed by atoms with Crippen LogP contribution >= 0.6 is 0 Å². The maximum atomic E-state index is 13.2. The number of hydrogen-bond donors (Lipinski definition) is 0. The Balaban J connectivity index is 2.94. The second-order valence-electron chi connectivity index (χ2n) is 3.10. The Bertz CT molecular complexity index is 444. The van der Waals surface area contributed by atoms with Gasteiger partial charge >= 0.3 is 5.97 Å². The molecule has 0 saturated carbocycles. The molecule has 3 nitrogen and oxygen atoms in total. The van der Waals surface area contributed by atoms with Crippen LogP contribution in [0.5, 0.6) is 0 Å². The highest BCUT2D eigenvalue weighted by molar-refractivity contribution is 5.87. The minimum Gasteiger partial charge on any atom is -0.463 e. The Kier molecular flexibility index (Phi) is 4.51. The summed E-state index contributed by atoms with van der Waals surface area (Å²) in [5, 5.41) is 0. The first-order valence-electron chi connectivity index (χ1n) is 4.87. The molecule has 0 heterocycles. The molecule has 0 unspecified atom stereocenters. The van der Waals surface area contributed by atoms with Gasteiger partial charge in [0, 0.05) is 6.08 Å². The van der Waals surface area contributed by atoms with Gasteiger partial charge in [-0.05, 0) is 30.7 Å². The lowest BCUT2D eigenvalue weighted by molar-refractivity contribution is -0.137. The van der Waals surface area contributed by atoms with Gasteiger partial charge in [-0.25, -0.2) is 13.6 Å². The molecular formula is C12H10F2O3. The summed E-state index contributed by atoms with van der Waals surface area (Å²) in [5.74, 6) is -2.54. The van der Waals surface area contributed by atoms with Crippen molar-refractivity contribution in [2.75, 3.05) is 6.61 Å². The van der Waals surface area contributed by atoms with Gasteiger partial charge in [-0.2, -0.15) is 0 Å². The Labute approximate surface area is 96.7 Å². The maximum absolute atomic E-state index is 13.2. The molecule has 0 atom stereocenters. The van der Waals surface area contributed by atoms with E-state index in [9.17, 15) is 18.4 Å². The molecule has 0 aliphatic rings. The second kappa shape index (κ2) is 5.89. The van der Waals surface area contributed by atoms with Gasteiger partial charge in [-0.15, -0.1) is 0 Å². The van der Waals surface area contributed by atoms with E-state index in [1.165, 1.54) is 6.08 Å². The van der Waals surface area contributed by atoms with E-state index < -0.39 is 23.2 Å². The predicted octanol–water partition coefficient (Wildman–Crippen LogP) is 2.35. The third-order valence-electron chi connectivity index (χ3n) is 1.92. The summed E-state index contributed by atoms with van der Waals surface area (Å²) in [4.78, 5) is 21.3. The normalized spacial score (nSPS) is 10.5. The monoisotopic (exact) mass is 240 g/mol. The quantitative estimate of drug-likeness (QED) is 0.461. The number of ether oxygens (including phenoxy) is 1. The average molecular weight is 240 g/mol. The summed E-state index contributed by atoms with van der Waals surface area (Å²) >= 11 is 0. The van der Waals surface area contributed by atoms with Crippen molar-refractivity contribution in [3.8, 4) is 0 Å². The van der Waals surface area contributed by atoms with Crippen molar-refractivity contribution >= 4 is 18.3 Å². The van der Waals surface area contributed by atoms with Crippen LogP contribution in [-0.2, 0) is 9.53 Å². The highest BCUT2D eigenvalue weighted by Crippen LogP contribution is 2.14. The summed E-state index contributed by atoms with van der Waals surface area (Å²) in [5.41, 5.74) is -0.489. The molecule has 5 heteroatoms. The van der Waals surface area contributed by atoms with Crippen LogP contribution in [0.3, 0.4) is 0 Å². The lowest BCUT2D eigenvalue weighted by atomic mass is 10.1. The number of carbonyl (C=O) groups excluding carboxylic acids is 2. The number of esters is 1. The van der Waals surface area contributed by atoms with Crippen molar-refractivity contribution in [3.05, 3.63) is 41.0 Å². The smallest absolute Gasteiger partial charge is 0.330 e. The van der Waals surface area contributed by atoms with E-state index >= 15 is 0 Å². The molecule has 90 valence electrons. The van der Waals surface area contributed by atoms with Crippen molar-refractivity contribution in [1.29, 1.82) is 0 Å². The van der Waals surface area contributed by atoms with E-state index in [0.717, 1.165) is 18.2 Å². The van der Waals surface area contributed by atoms with Gasteiger partial charge < -0.3 is 4.74 Å². The average Bonchev–Trinajstić information content (AvgIpc) is 2.26. The molecule has 0 radical (unpaired) electrons. The predicted molar refractivity (Wildman–Crippen MR) is 57.4 cm³/mol. The molecule has 0 aromatic heterocycles. The van der Waals surface area contributed by atoms with Crippen LogP contribution in [0.4, 0.5) is 8.78 Å². The van der Waals surface area contributed by atoms with Gasteiger partial charge in [0.1, 0.15) is 11.6 Å². The SMILES string of the molecule is CCOC(=O)/C=C/c1cc(F)c(C=O)c(F)c1. The maximum Gasteiger partial charge on any atom is 0.330 e. The highest BCUT2D eigenvalue weighted by atomic mass is 19.1. The minimum atomic E-state index is -0.969. The summed E-state index contributed by atoms with van der Waals surface area (Å²) in [6.45, 7) is 1.86.